The fourth-order valence-electron chi connectivity index (χ4n) is 4.30. The van der Waals surface area contributed by atoms with Crippen LogP contribution in [0.15, 0.2) is 30.5 Å². The Kier molecular flexibility index (Phi) is 6.04. The monoisotopic (exact) mass is 454 g/mol. The van der Waals surface area contributed by atoms with Crippen molar-refractivity contribution in [3.8, 4) is 0 Å². The molecule has 3 aromatic rings. The van der Waals surface area contributed by atoms with Crippen LogP contribution in [-0.2, 0) is 5.41 Å². The van der Waals surface area contributed by atoms with E-state index < -0.39 is 4.92 Å². The lowest BCUT2D eigenvalue weighted by Crippen LogP contribution is -2.36. The number of nitrogens with one attached hydrogen (secondary N) is 3. The number of amides is 1. The van der Waals surface area contributed by atoms with Crippen LogP contribution in [-0.4, -0.2) is 31.0 Å². The van der Waals surface area contributed by atoms with Gasteiger partial charge in [-0.1, -0.05) is 41.5 Å². The number of nitro groups is 1. The predicted octanol–water partition coefficient (Wildman–Crippen LogP) is 5.75. The third-order valence-electron chi connectivity index (χ3n) is 5.22. The summed E-state index contributed by atoms with van der Waals surface area (Å²) in [5, 5.41) is 21.8. The van der Waals surface area contributed by atoms with E-state index >= 15 is 0 Å². The fourth-order valence-corrected chi connectivity index (χ4v) is 4.30. The zero-order valence-electron chi connectivity index (χ0n) is 20.7. The maximum absolute atomic E-state index is 13.0. The van der Waals surface area contributed by atoms with Crippen LogP contribution in [0.25, 0.3) is 5.65 Å². The molecule has 2 aromatic heterocycles. The van der Waals surface area contributed by atoms with Gasteiger partial charge in [-0.2, -0.15) is 9.61 Å². The first-order valence-corrected chi connectivity index (χ1v) is 11.0. The molecular weight excluding hydrogens is 420 g/mol. The van der Waals surface area contributed by atoms with Crippen LogP contribution in [0, 0.1) is 15.5 Å². The Morgan fingerprint density at radius 1 is 1.09 bits per heavy atom. The van der Waals surface area contributed by atoms with E-state index in [0.717, 1.165) is 17.9 Å². The van der Waals surface area contributed by atoms with Crippen molar-refractivity contribution in [3.63, 3.8) is 0 Å². The smallest absolute Gasteiger partial charge is 0.269 e. The summed E-state index contributed by atoms with van der Waals surface area (Å²) in [7, 11) is 0. The minimum atomic E-state index is -0.477. The Bertz CT molecular complexity index is 1170. The number of imidazole rings is 1. The number of hydrogen-bond acceptors (Lipinski definition) is 5. The molecule has 9 heteroatoms. The van der Waals surface area contributed by atoms with E-state index in [9.17, 15) is 14.9 Å². The largest absolute Gasteiger partial charge is 0.364 e. The van der Waals surface area contributed by atoms with Gasteiger partial charge in [-0.05, 0) is 37.8 Å². The quantitative estimate of drug-likeness (QED) is 0.324. The molecule has 0 aliphatic carbocycles. The number of aromatic nitrogens is 3. The second kappa shape index (κ2) is 8.20. The number of nitrogens with zero attached hydrogens (tertiary/aromatic N) is 3. The topological polar surface area (TPSA) is 117 Å². The van der Waals surface area contributed by atoms with E-state index in [4.69, 9.17) is 0 Å². The fraction of sp³-hybridized carbons (Fsp3) is 0.500. The SMILES string of the molecule is CC(C)(C)CC(C)(C)Nc1c(C(C)(C)C)[nH]c2c(C(=O)Nc3ccc([N+](=O)[O-])cc3)cnn12. The van der Waals surface area contributed by atoms with Crippen molar-refractivity contribution in [1.82, 2.24) is 14.6 Å². The van der Waals surface area contributed by atoms with Crippen LogP contribution >= 0.6 is 0 Å². The summed E-state index contributed by atoms with van der Waals surface area (Å²) in [5.74, 6) is 0.488. The van der Waals surface area contributed by atoms with E-state index in [0.29, 0.717) is 16.9 Å². The number of carbonyl (C=O) groups is 1. The number of benzene rings is 1. The van der Waals surface area contributed by atoms with E-state index in [1.165, 1.54) is 30.5 Å². The summed E-state index contributed by atoms with van der Waals surface area (Å²) in [6, 6.07) is 5.73. The standard InChI is InChI=1S/C24H34N6O3/c1-22(2,3)14-24(7,8)28-20-18(23(4,5)6)27-19-17(13-25-29(19)20)21(31)26-15-9-11-16(12-10-15)30(32)33/h9-13,27-28H,14H2,1-8H3,(H,26,31). The van der Waals surface area contributed by atoms with Crippen LogP contribution in [0.2, 0.25) is 0 Å². The van der Waals surface area contributed by atoms with Gasteiger partial charge in [0.25, 0.3) is 11.6 Å². The average molecular weight is 455 g/mol. The molecule has 178 valence electrons. The summed E-state index contributed by atoms with van der Waals surface area (Å²) >= 11 is 0. The summed E-state index contributed by atoms with van der Waals surface area (Å²) in [4.78, 5) is 26.8. The maximum atomic E-state index is 13.0. The Morgan fingerprint density at radius 3 is 2.21 bits per heavy atom. The van der Waals surface area contributed by atoms with Crippen LogP contribution < -0.4 is 10.6 Å². The molecule has 0 aliphatic heterocycles. The first-order valence-electron chi connectivity index (χ1n) is 11.0. The Hall–Kier alpha value is -3.36. The molecule has 2 heterocycles. The first-order chi connectivity index (χ1) is 15.1. The molecule has 0 fully saturated rings. The minimum absolute atomic E-state index is 0.0336. The number of rotatable bonds is 6. The van der Waals surface area contributed by atoms with Gasteiger partial charge in [-0.3, -0.25) is 14.9 Å². The second-order valence-electron chi connectivity index (χ2n) is 11.4. The molecular formula is C24H34N6O3. The molecule has 3 N–H and O–H groups in total. The Morgan fingerprint density at radius 2 is 1.70 bits per heavy atom. The van der Waals surface area contributed by atoms with E-state index in [1.54, 1.807) is 4.52 Å². The first kappa shape index (κ1) is 24.3. The van der Waals surface area contributed by atoms with Gasteiger partial charge >= 0.3 is 0 Å². The highest BCUT2D eigenvalue weighted by Gasteiger charge is 2.32. The van der Waals surface area contributed by atoms with Gasteiger partial charge in [0.2, 0.25) is 0 Å². The molecule has 33 heavy (non-hydrogen) atoms. The summed E-state index contributed by atoms with van der Waals surface area (Å²) < 4.78 is 1.75. The Balaban J connectivity index is 1.97. The normalized spacial score (nSPS) is 12.7. The van der Waals surface area contributed by atoms with Gasteiger partial charge in [0, 0.05) is 28.8 Å². The number of hydrogen-bond donors (Lipinski definition) is 3. The van der Waals surface area contributed by atoms with Crippen LogP contribution in [0.1, 0.15) is 77.9 Å². The lowest BCUT2D eigenvalue weighted by molar-refractivity contribution is -0.384. The number of aromatic amines is 1. The molecule has 0 unspecified atom stereocenters. The zero-order chi connectivity index (χ0) is 24.8. The van der Waals surface area contributed by atoms with Gasteiger partial charge < -0.3 is 15.6 Å². The van der Waals surface area contributed by atoms with Gasteiger partial charge in [0.1, 0.15) is 17.0 Å². The number of carbonyl (C=O) groups excluding carboxylic acids is 1. The average Bonchev–Trinajstić information content (AvgIpc) is 3.20. The van der Waals surface area contributed by atoms with Crippen molar-refractivity contribution in [2.24, 2.45) is 5.41 Å². The third-order valence-corrected chi connectivity index (χ3v) is 5.22. The number of H-pyrrole nitrogens is 1. The van der Waals surface area contributed by atoms with Crippen LogP contribution in [0.3, 0.4) is 0 Å². The summed E-state index contributed by atoms with van der Waals surface area (Å²) in [6.07, 6.45) is 2.46. The molecule has 0 bridgehead atoms. The van der Waals surface area contributed by atoms with E-state index in [2.05, 4.69) is 76.1 Å². The zero-order valence-corrected chi connectivity index (χ0v) is 20.7. The van der Waals surface area contributed by atoms with Crippen molar-refractivity contribution in [3.05, 3.63) is 51.8 Å². The van der Waals surface area contributed by atoms with Gasteiger partial charge in [-0.15, -0.1) is 0 Å². The van der Waals surface area contributed by atoms with Crippen LogP contribution in [0.5, 0.6) is 0 Å². The third kappa shape index (κ3) is 5.53. The lowest BCUT2D eigenvalue weighted by atomic mass is 9.81. The molecule has 1 amide bonds. The minimum Gasteiger partial charge on any atom is -0.364 e. The van der Waals surface area contributed by atoms with Gasteiger partial charge in [0.15, 0.2) is 0 Å². The number of non-ortho nitro benzene ring substituents is 1. The second-order valence-corrected chi connectivity index (χ2v) is 11.4. The number of fused-ring (bicyclic) bond motifs is 1. The Labute approximate surface area is 194 Å². The molecule has 0 saturated heterocycles. The molecule has 0 aliphatic rings. The van der Waals surface area contributed by atoms with Crippen molar-refractivity contribution >= 4 is 28.7 Å². The van der Waals surface area contributed by atoms with E-state index in [-0.39, 0.29) is 28.0 Å². The number of nitro benzene ring substituents is 1. The molecule has 9 nitrogen and oxygen atoms in total. The molecule has 0 radical (unpaired) electrons. The van der Waals surface area contributed by atoms with Crippen molar-refractivity contribution in [2.75, 3.05) is 10.6 Å². The molecule has 0 saturated carbocycles. The predicted molar refractivity (Wildman–Crippen MR) is 131 cm³/mol. The molecule has 0 atom stereocenters. The van der Waals surface area contributed by atoms with Crippen molar-refractivity contribution in [2.45, 2.75) is 72.8 Å². The molecule has 1 aromatic carbocycles. The van der Waals surface area contributed by atoms with Crippen molar-refractivity contribution < 1.29 is 9.72 Å². The highest BCUT2D eigenvalue weighted by atomic mass is 16.6. The summed E-state index contributed by atoms with van der Waals surface area (Å²) in [6.45, 7) is 17.3. The summed E-state index contributed by atoms with van der Waals surface area (Å²) in [5.41, 5.74) is 2.08. The van der Waals surface area contributed by atoms with Crippen molar-refractivity contribution in [1.29, 1.82) is 0 Å². The van der Waals surface area contributed by atoms with Crippen LogP contribution in [0.4, 0.5) is 17.2 Å². The molecule has 0 spiro atoms. The highest BCUT2D eigenvalue weighted by Crippen LogP contribution is 2.35. The number of anilines is 2. The van der Waals surface area contributed by atoms with E-state index in [1.807, 2.05) is 0 Å². The highest BCUT2D eigenvalue weighted by molar-refractivity contribution is 6.08. The lowest BCUT2D eigenvalue weighted by Gasteiger charge is -2.34. The maximum Gasteiger partial charge on any atom is 0.269 e. The van der Waals surface area contributed by atoms with Gasteiger partial charge in [-0.25, -0.2) is 0 Å². The van der Waals surface area contributed by atoms with Gasteiger partial charge in [0.05, 0.1) is 16.8 Å². The molecule has 3 rings (SSSR count).